The second kappa shape index (κ2) is 10.1. The maximum atomic E-state index is 4.68. The molecule has 4 aromatic rings. The second-order valence-electron chi connectivity index (χ2n) is 6.58. The van der Waals surface area contributed by atoms with Gasteiger partial charge in [-0.2, -0.15) is 0 Å². The van der Waals surface area contributed by atoms with Gasteiger partial charge in [-0.05, 0) is 53.0 Å². The molecule has 0 amide bonds. The fraction of sp³-hybridized carbons (Fsp3) is 0.238. The van der Waals surface area contributed by atoms with Crippen molar-refractivity contribution >= 4 is 62.4 Å². The molecule has 152 valence electrons. The topological polar surface area (TPSA) is 69.5 Å². The summed E-state index contributed by atoms with van der Waals surface area (Å²) < 4.78 is 3.03. The first-order chi connectivity index (χ1) is 13.7. The summed E-state index contributed by atoms with van der Waals surface area (Å²) in [6.45, 7) is 4.23. The molecule has 3 aromatic heterocycles. The average Bonchev–Trinajstić information content (AvgIpc) is 3.29. The number of para-hydroxylation sites is 1. The number of H-pyrrole nitrogens is 1. The van der Waals surface area contributed by atoms with Crippen molar-refractivity contribution in [2.45, 2.75) is 19.9 Å². The van der Waals surface area contributed by atoms with Gasteiger partial charge in [0.1, 0.15) is 5.65 Å². The number of aromatic amines is 1. The van der Waals surface area contributed by atoms with Crippen molar-refractivity contribution in [3.8, 4) is 0 Å². The zero-order valence-electron chi connectivity index (χ0n) is 16.2. The van der Waals surface area contributed by atoms with Crippen LogP contribution >= 0.6 is 39.9 Å². The van der Waals surface area contributed by atoms with Crippen molar-refractivity contribution in [2.24, 2.45) is 4.99 Å². The highest BCUT2D eigenvalue weighted by molar-refractivity contribution is 14.0. The Labute approximate surface area is 195 Å². The van der Waals surface area contributed by atoms with E-state index < -0.39 is 0 Å². The predicted molar refractivity (Wildman–Crippen MR) is 133 cm³/mol. The first-order valence-corrected chi connectivity index (χ1v) is 10.2. The smallest absolute Gasteiger partial charge is 0.191 e. The summed E-state index contributed by atoms with van der Waals surface area (Å²) in [6.07, 6.45) is 7.03. The number of nitrogens with zero attached hydrogens (tertiary/aromatic N) is 3. The van der Waals surface area contributed by atoms with Gasteiger partial charge in [-0.3, -0.25) is 0 Å². The van der Waals surface area contributed by atoms with Crippen LogP contribution in [0.2, 0.25) is 0 Å². The third kappa shape index (κ3) is 5.30. The zero-order valence-corrected chi connectivity index (χ0v) is 20.1. The van der Waals surface area contributed by atoms with E-state index in [9.17, 15) is 0 Å². The van der Waals surface area contributed by atoms with Crippen LogP contribution < -0.4 is 10.6 Å². The molecule has 6 nitrogen and oxygen atoms in total. The molecule has 0 saturated heterocycles. The van der Waals surface area contributed by atoms with Crippen LogP contribution in [0.25, 0.3) is 16.6 Å². The van der Waals surface area contributed by atoms with Crippen molar-refractivity contribution in [3.63, 3.8) is 0 Å². The van der Waals surface area contributed by atoms with Crippen LogP contribution in [0.3, 0.4) is 0 Å². The zero-order chi connectivity index (χ0) is 19.3. The molecule has 8 heteroatoms. The van der Waals surface area contributed by atoms with Gasteiger partial charge in [0.25, 0.3) is 0 Å². The van der Waals surface area contributed by atoms with Gasteiger partial charge < -0.3 is 20.0 Å². The van der Waals surface area contributed by atoms with E-state index in [-0.39, 0.29) is 24.0 Å². The molecule has 0 aliphatic heterocycles. The number of aromatic nitrogens is 3. The van der Waals surface area contributed by atoms with Crippen LogP contribution in [0, 0.1) is 0 Å². The minimum absolute atomic E-state index is 0. The molecular formula is C21H24BrIN6. The molecule has 29 heavy (non-hydrogen) atoms. The highest BCUT2D eigenvalue weighted by atomic mass is 127. The second-order valence-corrected chi connectivity index (χ2v) is 7.49. The summed E-state index contributed by atoms with van der Waals surface area (Å²) >= 11 is 3.49. The number of nitrogens with one attached hydrogen (secondary N) is 3. The highest BCUT2D eigenvalue weighted by Crippen LogP contribution is 2.17. The van der Waals surface area contributed by atoms with Crippen LogP contribution in [-0.4, -0.2) is 33.4 Å². The lowest BCUT2D eigenvalue weighted by molar-refractivity contribution is 0.799. The number of rotatable bonds is 6. The minimum atomic E-state index is 0. The maximum Gasteiger partial charge on any atom is 0.191 e. The summed E-state index contributed by atoms with van der Waals surface area (Å²) in [6, 6.07) is 12.4. The summed E-state index contributed by atoms with van der Waals surface area (Å²) in [5.74, 6) is 0.806. The number of pyridine rings is 1. The van der Waals surface area contributed by atoms with Crippen molar-refractivity contribution in [1.82, 2.24) is 25.0 Å². The quantitative estimate of drug-likeness (QED) is 0.183. The Balaban J connectivity index is 0.00000240. The van der Waals surface area contributed by atoms with E-state index in [1.165, 1.54) is 16.5 Å². The van der Waals surface area contributed by atoms with E-state index in [0.29, 0.717) is 6.54 Å². The molecule has 0 radical (unpaired) electrons. The Morgan fingerprint density at radius 2 is 2.03 bits per heavy atom. The summed E-state index contributed by atoms with van der Waals surface area (Å²) in [5, 5.41) is 8.00. The fourth-order valence-corrected chi connectivity index (χ4v) is 3.60. The Kier molecular flexibility index (Phi) is 7.54. The van der Waals surface area contributed by atoms with Crippen LogP contribution in [0.4, 0.5) is 0 Å². The van der Waals surface area contributed by atoms with Crippen LogP contribution in [0.1, 0.15) is 18.2 Å². The molecular weight excluding hydrogens is 543 g/mol. The number of guanidine groups is 1. The Hall–Kier alpha value is -2.07. The highest BCUT2D eigenvalue weighted by Gasteiger charge is 2.05. The molecule has 0 bridgehead atoms. The van der Waals surface area contributed by atoms with Gasteiger partial charge >= 0.3 is 0 Å². The largest absolute Gasteiger partial charge is 0.361 e. The Morgan fingerprint density at radius 1 is 1.17 bits per heavy atom. The molecule has 0 unspecified atom stereocenters. The van der Waals surface area contributed by atoms with Crippen LogP contribution in [0.5, 0.6) is 0 Å². The molecule has 3 heterocycles. The van der Waals surface area contributed by atoms with Crippen molar-refractivity contribution < 1.29 is 0 Å². The summed E-state index contributed by atoms with van der Waals surface area (Å²) in [5.41, 5.74) is 4.35. The Morgan fingerprint density at radius 3 is 2.90 bits per heavy atom. The number of benzene rings is 1. The third-order valence-electron chi connectivity index (χ3n) is 4.57. The van der Waals surface area contributed by atoms with Gasteiger partial charge in [0.05, 0.1) is 12.2 Å². The van der Waals surface area contributed by atoms with E-state index in [1.807, 2.05) is 28.9 Å². The minimum Gasteiger partial charge on any atom is -0.361 e. The standard InChI is InChI=1S/C21H23BrN6.HI/c1-2-23-21(24-10-9-15-11-25-19-6-4-3-5-18(15)19)26-12-17-14-28-13-16(22)7-8-20(28)27-17;/h3-8,11,13-14,25H,2,9-10,12H2,1H3,(H2,23,24,26);1H. The molecule has 0 saturated carbocycles. The first kappa shape index (κ1) is 21.6. The van der Waals surface area contributed by atoms with Gasteiger partial charge in [0.2, 0.25) is 0 Å². The summed E-state index contributed by atoms with van der Waals surface area (Å²) in [4.78, 5) is 12.6. The summed E-state index contributed by atoms with van der Waals surface area (Å²) in [7, 11) is 0. The number of fused-ring (bicyclic) bond motifs is 2. The Bertz CT molecular complexity index is 1120. The lowest BCUT2D eigenvalue weighted by Gasteiger charge is -2.10. The van der Waals surface area contributed by atoms with E-state index in [4.69, 9.17) is 0 Å². The lowest BCUT2D eigenvalue weighted by atomic mass is 10.1. The van der Waals surface area contributed by atoms with Crippen LogP contribution in [-0.2, 0) is 13.0 Å². The monoisotopic (exact) mass is 566 g/mol. The molecule has 0 atom stereocenters. The van der Waals surface area contributed by atoms with E-state index in [2.05, 4.69) is 78.9 Å². The van der Waals surface area contributed by atoms with Crippen molar-refractivity contribution in [2.75, 3.05) is 13.1 Å². The van der Waals surface area contributed by atoms with Gasteiger partial charge in [0, 0.05) is 47.1 Å². The molecule has 0 spiro atoms. The van der Waals surface area contributed by atoms with Crippen molar-refractivity contribution in [3.05, 3.63) is 70.7 Å². The van der Waals surface area contributed by atoms with E-state index >= 15 is 0 Å². The number of hydrogen-bond acceptors (Lipinski definition) is 2. The number of aliphatic imine (C=N–C) groups is 1. The van der Waals surface area contributed by atoms with E-state index in [0.717, 1.165) is 41.3 Å². The normalized spacial score (nSPS) is 11.6. The fourth-order valence-electron chi connectivity index (χ4n) is 3.25. The van der Waals surface area contributed by atoms with Crippen molar-refractivity contribution in [1.29, 1.82) is 0 Å². The molecule has 0 aliphatic carbocycles. The lowest BCUT2D eigenvalue weighted by Crippen LogP contribution is -2.38. The van der Waals surface area contributed by atoms with E-state index in [1.54, 1.807) is 0 Å². The molecule has 1 aromatic carbocycles. The first-order valence-electron chi connectivity index (χ1n) is 9.43. The maximum absolute atomic E-state index is 4.68. The van der Waals surface area contributed by atoms with Crippen LogP contribution in [0.15, 0.2) is 64.5 Å². The van der Waals surface area contributed by atoms with Gasteiger partial charge in [-0.15, -0.1) is 24.0 Å². The molecule has 3 N–H and O–H groups in total. The number of halogens is 2. The number of imidazole rings is 1. The third-order valence-corrected chi connectivity index (χ3v) is 5.04. The van der Waals surface area contributed by atoms with Gasteiger partial charge in [-0.1, -0.05) is 18.2 Å². The predicted octanol–water partition coefficient (Wildman–Crippen LogP) is 4.49. The van der Waals surface area contributed by atoms with Gasteiger partial charge in [0.15, 0.2) is 5.96 Å². The SMILES string of the molecule is CCNC(=NCc1cn2cc(Br)ccc2n1)NCCc1c[nH]c2ccccc12.I. The molecule has 0 fully saturated rings. The molecule has 0 aliphatic rings. The van der Waals surface area contributed by atoms with Gasteiger partial charge in [-0.25, -0.2) is 9.98 Å². The number of hydrogen-bond donors (Lipinski definition) is 3. The molecule has 4 rings (SSSR count). The average molecular weight is 567 g/mol.